The Hall–Kier alpha value is -2.69. The smallest absolute Gasteiger partial charge is 0.389 e. The third-order valence-electron chi connectivity index (χ3n) is 6.84. The summed E-state index contributed by atoms with van der Waals surface area (Å²) in [5, 5.41) is 7.65. The number of amides is 1. The van der Waals surface area contributed by atoms with Gasteiger partial charge in [-0.3, -0.25) is 9.48 Å². The summed E-state index contributed by atoms with van der Waals surface area (Å²) in [7, 11) is 1.54. The molecule has 0 atom stereocenters. The molecule has 0 radical (unpaired) electrons. The maximum absolute atomic E-state index is 13.0. The quantitative estimate of drug-likeness (QED) is 0.441. The fourth-order valence-corrected chi connectivity index (χ4v) is 4.77. The minimum absolute atomic E-state index is 0.0299. The fourth-order valence-electron chi connectivity index (χ4n) is 4.77. The monoisotopic (exact) mass is 543 g/mol. The summed E-state index contributed by atoms with van der Waals surface area (Å²) < 4.78 is 61.4. The molecule has 2 aromatic rings. The molecular weight excluding hydrogens is 507 g/mol. The van der Waals surface area contributed by atoms with E-state index in [4.69, 9.17) is 13.2 Å². The molecule has 7 nitrogen and oxygen atoms in total. The van der Waals surface area contributed by atoms with Gasteiger partial charge in [-0.15, -0.1) is 0 Å². The summed E-state index contributed by atoms with van der Waals surface area (Å²) >= 11 is -0.750. The van der Waals surface area contributed by atoms with Gasteiger partial charge in [0.25, 0.3) is 5.91 Å². The fraction of sp³-hybridized carbons (Fsp3) is 0.615. The van der Waals surface area contributed by atoms with Crippen molar-refractivity contribution < 1.29 is 31.1 Å². The number of carbonyl (C=O) groups excluding carboxylic acids is 1. The highest BCUT2D eigenvalue weighted by Gasteiger charge is 2.27. The summed E-state index contributed by atoms with van der Waals surface area (Å²) in [6.07, 6.45) is 0.0831. The van der Waals surface area contributed by atoms with Crippen LogP contribution in [-0.2, 0) is 24.5 Å². The molecule has 0 saturated heterocycles. The highest BCUT2D eigenvalue weighted by Crippen LogP contribution is 2.35. The van der Waals surface area contributed by atoms with Crippen molar-refractivity contribution in [2.24, 2.45) is 11.8 Å². The van der Waals surface area contributed by atoms with Crippen LogP contribution in [0.2, 0.25) is 0 Å². The molecule has 0 spiro atoms. The van der Waals surface area contributed by atoms with E-state index in [0.717, 1.165) is 41.1 Å². The van der Waals surface area contributed by atoms with Crippen LogP contribution in [0.15, 0.2) is 18.2 Å². The molecule has 0 bridgehead atoms. The lowest BCUT2D eigenvalue weighted by atomic mass is 9.83. The van der Waals surface area contributed by atoms with E-state index in [-0.39, 0.29) is 12.3 Å². The predicted molar refractivity (Wildman–Crippen MR) is 136 cm³/mol. The van der Waals surface area contributed by atoms with Crippen LogP contribution in [0, 0.1) is 18.8 Å². The molecular formula is C26H36F3N3O4S. The van der Waals surface area contributed by atoms with Crippen molar-refractivity contribution in [3.63, 3.8) is 0 Å². The molecule has 1 aromatic heterocycles. The van der Waals surface area contributed by atoms with Gasteiger partial charge < -0.3 is 10.1 Å². The van der Waals surface area contributed by atoms with Crippen molar-refractivity contribution >= 4 is 17.5 Å². The summed E-state index contributed by atoms with van der Waals surface area (Å²) in [4.78, 5) is 13.0. The molecule has 1 aliphatic carbocycles. The van der Waals surface area contributed by atoms with Crippen molar-refractivity contribution in [1.82, 2.24) is 15.1 Å². The number of nitrogens with zero attached hydrogens (tertiary/aromatic N) is 2. The second-order valence-electron chi connectivity index (χ2n) is 9.55. The number of alkyl halides is 3. The van der Waals surface area contributed by atoms with Crippen LogP contribution in [-0.4, -0.2) is 43.9 Å². The van der Waals surface area contributed by atoms with E-state index in [1.807, 2.05) is 26.0 Å². The molecule has 1 aromatic carbocycles. The Bertz CT molecular complexity index is 1070. The molecule has 1 fully saturated rings. The number of nitrogens with one attached hydrogen (secondary N) is 1. The first-order valence-electron chi connectivity index (χ1n) is 12.6. The Labute approximate surface area is 219 Å². The van der Waals surface area contributed by atoms with Crippen LogP contribution in [0.1, 0.15) is 74.0 Å². The van der Waals surface area contributed by atoms with E-state index >= 15 is 0 Å². The van der Waals surface area contributed by atoms with Gasteiger partial charge in [0.15, 0.2) is 5.69 Å². The van der Waals surface area contributed by atoms with Crippen LogP contribution >= 0.6 is 0 Å². The lowest BCUT2D eigenvalue weighted by Gasteiger charge is -2.26. The zero-order chi connectivity index (χ0) is 27.6. The molecule has 1 aliphatic rings. The standard InChI is InChI=1S/C26H36F3N3O2.O2S/c1-5-32-24(21-13-12-19(15-22(21)34-4)7-6-14-26(27,28)29)18(3)23(31-32)25(33)30-16-20-10-8-17(2)9-11-20;1-3-2/h12-13,15,17,20H,5-11,14,16H2,1-4H3,(H,30,33);. The zero-order valence-corrected chi connectivity index (χ0v) is 22.6. The highest BCUT2D eigenvalue weighted by molar-refractivity contribution is 7.51. The molecule has 0 aliphatic heterocycles. The number of methoxy groups -OCH3 is 1. The number of hydrogen-bond acceptors (Lipinski definition) is 5. The highest BCUT2D eigenvalue weighted by atomic mass is 32.1. The molecule has 1 heterocycles. The second-order valence-corrected chi connectivity index (χ2v) is 9.68. The van der Waals surface area contributed by atoms with Gasteiger partial charge in [-0.05, 0) is 69.1 Å². The molecule has 1 saturated carbocycles. The Morgan fingerprint density at radius 1 is 1.22 bits per heavy atom. The van der Waals surface area contributed by atoms with Crippen molar-refractivity contribution in [2.45, 2.75) is 78.4 Å². The average molecular weight is 544 g/mol. The minimum Gasteiger partial charge on any atom is -0.496 e. The topological polar surface area (TPSA) is 90.3 Å². The number of carbonyl (C=O) groups is 1. The Morgan fingerprint density at radius 3 is 2.43 bits per heavy atom. The molecule has 37 heavy (non-hydrogen) atoms. The second kappa shape index (κ2) is 14.3. The summed E-state index contributed by atoms with van der Waals surface area (Å²) in [5.41, 5.74) is 3.51. The van der Waals surface area contributed by atoms with Crippen molar-refractivity contribution in [1.29, 1.82) is 0 Å². The molecule has 11 heteroatoms. The first-order valence-corrected chi connectivity index (χ1v) is 13.2. The number of aromatic nitrogens is 2. The van der Waals surface area contributed by atoms with Gasteiger partial charge in [0.2, 0.25) is 0 Å². The van der Waals surface area contributed by atoms with E-state index in [1.165, 1.54) is 12.8 Å². The van der Waals surface area contributed by atoms with Crippen LogP contribution in [0.3, 0.4) is 0 Å². The van der Waals surface area contributed by atoms with Crippen molar-refractivity contribution in [2.75, 3.05) is 13.7 Å². The lowest BCUT2D eigenvalue weighted by Crippen LogP contribution is -2.31. The average Bonchev–Trinajstić information content (AvgIpc) is 3.19. The molecule has 1 N–H and O–H groups in total. The van der Waals surface area contributed by atoms with E-state index in [0.29, 0.717) is 36.9 Å². The van der Waals surface area contributed by atoms with E-state index in [2.05, 4.69) is 17.3 Å². The van der Waals surface area contributed by atoms with Crippen LogP contribution in [0.25, 0.3) is 11.3 Å². The lowest BCUT2D eigenvalue weighted by molar-refractivity contribution is -0.135. The summed E-state index contributed by atoms with van der Waals surface area (Å²) in [5.74, 6) is 1.67. The third-order valence-corrected chi connectivity index (χ3v) is 6.84. The van der Waals surface area contributed by atoms with Crippen molar-refractivity contribution in [3.05, 3.63) is 35.0 Å². The minimum atomic E-state index is -4.15. The number of aryl methyl sites for hydroxylation is 2. The molecule has 3 rings (SSSR count). The van der Waals surface area contributed by atoms with Gasteiger partial charge in [0, 0.05) is 30.6 Å². The summed E-state index contributed by atoms with van der Waals surface area (Å²) in [6.45, 7) is 7.34. The molecule has 1 amide bonds. The maximum Gasteiger partial charge on any atom is 0.389 e. The number of ether oxygens (including phenoxy) is 1. The van der Waals surface area contributed by atoms with Crippen molar-refractivity contribution in [3.8, 4) is 17.0 Å². The largest absolute Gasteiger partial charge is 0.496 e. The van der Waals surface area contributed by atoms with E-state index in [9.17, 15) is 18.0 Å². The normalized spacial score (nSPS) is 17.5. The number of rotatable bonds is 9. The Balaban J connectivity index is 0.00000153. The number of halogens is 3. The first kappa shape index (κ1) is 30.5. The van der Waals surface area contributed by atoms with Crippen LogP contribution < -0.4 is 10.1 Å². The van der Waals surface area contributed by atoms with Gasteiger partial charge in [0.05, 0.1) is 12.8 Å². The van der Waals surface area contributed by atoms with Gasteiger partial charge in [-0.2, -0.15) is 26.7 Å². The number of benzene rings is 1. The zero-order valence-electron chi connectivity index (χ0n) is 21.8. The van der Waals surface area contributed by atoms with Gasteiger partial charge in [-0.1, -0.05) is 25.8 Å². The van der Waals surface area contributed by atoms with Crippen LogP contribution in [0.5, 0.6) is 5.75 Å². The Morgan fingerprint density at radius 2 is 1.86 bits per heavy atom. The van der Waals surface area contributed by atoms with E-state index in [1.54, 1.807) is 17.9 Å². The van der Waals surface area contributed by atoms with E-state index < -0.39 is 24.2 Å². The SMILES string of the molecule is CCn1nc(C(=O)NCC2CCC(C)CC2)c(C)c1-c1ccc(CCCC(F)(F)F)cc1OC.O=S=O. The molecule has 0 unspecified atom stereocenters. The number of hydrogen-bond donors (Lipinski definition) is 1. The third kappa shape index (κ3) is 8.98. The Kier molecular flexibility index (Phi) is 11.8. The van der Waals surface area contributed by atoms with Gasteiger partial charge >= 0.3 is 17.7 Å². The van der Waals surface area contributed by atoms with Crippen LogP contribution in [0.4, 0.5) is 13.2 Å². The first-order chi connectivity index (χ1) is 17.5. The van der Waals surface area contributed by atoms with Gasteiger partial charge in [-0.25, -0.2) is 0 Å². The predicted octanol–water partition coefficient (Wildman–Crippen LogP) is 5.66. The molecule has 206 valence electrons. The van der Waals surface area contributed by atoms with Gasteiger partial charge in [0.1, 0.15) is 5.75 Å². The maximum atomic E-state index is 13.0. The summed E-state index contributed by atoms with van der Waals surface area (Å²) in [6, 6.07) is 5.45.